The number of aryl methyl sites for hydroxylation is 1. The molecule has 1 aromatic heterocycles. The summed E-state index contributed by atoms with van der Waals surface area (Å²) in [5, 5.41) is 4.65. The number of hydrogen-bond donors (Lipinski definition) is 0. The first-order valence-corrected chi connectivity index (χ1v) is 9.53. The molecule has 1 amide bonds. The summed E-state index contributed by atoms with van der Waals surface area (Å²) in [6.07, 6.45) is 0.474. The lowest BCUT2D eigenvalue weighted by Gasteiger charge is -2.23. The Morgan fingerprint density at radius 3 is 2.64 bits per heavy atom. The van der Waals surface area contributed by atoms with Crippen molar-refractivity contribution in [1.29, 1.82) is 0 Å². The van der Waals surface area contributed by atoms with E-state index < -0.39 is 9.84 Å². The molecule has 0 radical (unpaired) electrons. The Kier molecular flexibility index (Phi) is 4.87. The number of aromatic nitrogens is 2. The first-order valence-electron chi connectivity index (χ1n) is 7.33. The van der Waals surface area contributed by atoms with Gasteiger partial charge in [-0.1, -0.05) is 25.4 Å². The second kappa shape index (κ2) is 6.20. The number of sulfone groups is 1. The summed E-state index contributed by atoms with van der Waals surface area (Å²) in [4.78, 5) is 14.2. The van der Waals surface area contributed by atoms with Gasteiger partial charge in [-0.2, -0.15) is 5.10 Å². The van der Waals surface area contributed by atoms with Gasteiger partial charge in [-0.25, -0.2) is 8.42 Å². The van der Waals surface area contributed by atoms with Gasteiger partial charge in [0.1, 0.15) is 5.15 Å². The Bertz CT molecular complexity index is 682. The molecule has 1 saturated heterocycles. The van der Waals surface area contributed by atoms with Gasteiger partial charge in [-0.05, 0) is 19.3 Å². The zero-order valence-corrected chi connectivity index (χ0v) is 14.9. The Labute approximate surface area is 136 Å². The number of amides is 1. The Hall–Kier alpha value is -1.08. The van der Waals surface area contributed by atoms with Crippen molar-refractivity contribution >= 4 is 27.3 Å². The van der Waals surface area contributed by atoms with Crippen LogP contribution in [-0.2, 0) is 16.4 Å². The van der Waals surface area contributed by atoms with Crippen LogP contribution >= 0.6 is 11.6 Å². The zero-order valence-electron chi connectivity index (χ0n) is 13.3. The van der Waals surface area contributed by atoms with Gasteiger partial charge < -0.3 is 4.90 Å². The van der Waals surface area contributed by atoms with Crippen molar-refractivity contribution in [2.24, 2.45) is 5.92 Å². The van der Waals surface area contributed by atoms with E-state index in [-0.39, 0.29) is 23.5 Å². The van der Waals surface area contributed by atoms with Crippen molar-refractivity contribution in [2.45, 2.75) is 39.8 Å². The first-order chi connectivity index (χ1) is 10.1. The summed E-state index contributed by atoms with van der Waals surface area (Å²) >= 11 is 6.31. The number of carbonyl (C=O) groups excluding carboxylic acids is 1. The molecule has 0 bridgehead atoms. The fourth-order valence-corrected chi connectivity index (χ4v) is 4.78. The molecule has 1 aromatic rings. The normalized spacial score (nSPS) is 20.5. The predicted octanol–water partition coefficient (Wildman–Crippen LogP) is 1.76. The van der Waals surface area contributed by atoms with Crippen LogP contribution in [0.15, 0.2) is 0 Å². The van der Waals surface area contributed by atoms with Gasteiger partial charge in [0.15, 0.2) is 9.84 Å². The summed E-state index contributed by atoms with van der Waals surface area (Å²) < 4.78 is 24.8. The maximum absolute atomic E-state index is 12.7. The fourth-order valence-electron chi connectivity index (χ4n) is 2.69. The van der Waals surface area contributed by atoms with Crippen LogP contribution in [-0.4, -0.2) is 53.6 Å². The maximum atomic E-state index is 12.7. The molecule has 1 aliphatic rings. The van der Waals surface area contributed by atoms with E-state index in [1.165, 1.54) is 4.90 Å². The van der Waals surface area contributed by atoms with Gasteiger partial charge >= 0.3 is 0 Å². The lowest BCUT2D eigenvalue weighted by Crippen LogP contribution is -2.38. The highest BCUT2D eigenvalue weighted by molar-refractivity contribution is 7.91. The van der Waals surface area contributed by atoms with Crippen LogP contribution in [0.2, 0.25) is 5.15 Å². The fraction of sp³-hybridized carbons (Fsp3) is 0.714. The van der Waals surface area contributed by atoms with Crippen molar-refractivity contribution in [2.75, 3.05) is 18.6 Å². The monoisotopic (exact) mass is 347 g/mol. The molecular weight excluding hydrogens is 326 g/mol. The molecule has 2 rings (SSSR count). The molecule has 124 valence electrons. The molecular formula is C14H22ClN3O3S. The third-order valence-corrected chi connectivity index (χ3v) is 6.03. The summed E-state index contributed by atoms with van der Waals surface area (Å²) in [7, 11) is -1.41. The average Bonchev–Trinajstić information content (AvgIpc) is 2.88. The highest BCUT2D eigenvalue weighted by Crippen LogP contribution is 2.25. The highest BCUT2D eigenvalue weighted by Gasteiger charge is 2.34. The van der Waals surface area contributed by atoms with E-state index in [1.54, 1.807) is 18.7 Å². The molecule has 0 unspecified atom stereocenters. The van der Waals surface area contributed by atoms with Crippen LogP contribution in [0.3, 0.4) is 0 Å². The summed E-state index contributed by atoms with van der Waals surface area (Å²) in [5.74, 6) is 0.248. The quantitative estimate of drug-likeness (QED) is 0.832. The largest absolute Gasteiger partial charge is 0.338 e. The Balaban J connectivity index is 2.24. The molecule has 1 aliphatic heterocycles. The lowest BCUT2D eigenvalue weighted by molar-refractivity contribution is 0.0747. The molecule has 0 aromatic carbocycles. The average molecular weight is 348 g/mol. The smallest absolute Gasteiger partial charge is 0.258 e. The predicted molar refractivity (Wildman–Crippen MR) is 86.0 cm³/mol. The van der Waals surface area contributed by atoms with E-state index in [0.29, 0.717) is 35.3 Å². The van der Waals surface area contributed by atoms with Crippen LogP contribution in [0, 0.1) is 12.8 Å². The minimum atomic E-state index is -3.03. The number of hydrogen-bond acceptors (Lipinski definition) is 4. The minimum Gasteiger partial charge on any atom is -0.338 e. The summed E-state index contributed by atoms with van der Waals surface area (Å²) in [6, 6.07) is -0.290. The van der Waals surface area contributed by atoms with E-state index in [4.69, 9.17) is 11.6 Å². The number of rotatable bonds is 4. The molecule has 1 fully saturated rings. The van der Waals surface area contributed by atoms with Crippen LogP contribution < -0.4 is 0 Å². The van der Waals surface area contributed by atoms with E-state index in [2.05, 4.69) is 5.10 Å². The minimum absolute atomic E-state index is 0.0199. The maximum Gasteiger partial charge on any atom is 0.258 e. The van der Waals surface area contributed by atoms with Crippen molar-refractivity contribution in [3.05, 3.63) is 16.4 Å². The summed E-state index contributed by atoms with van der Waals surface area (Å²) in [6.45, 7) is 6.47. The standard InChI is InChI=1S/C14H22ClN3O3S/c1-9(2)7-18-13(15)12(10(3)16-18)14(19)17(4)11-5-6-22(20,21)8-11/h9,11H,5-8H2,1-4H3/t11-/m1/s1. The van der Waals surface area contributed by atoms with E-state index in [1.807, 2.05) is 13.8 Å². The van der Waals surface area contributed by atoms with Crippen LogP contribution in [0.1, 0.15) is 36.3 Å². The number of halogens is 1. The molecule has 0 spiro atoms. The van der Waals surface area contributed by atoms with Crippen molar-refractivity contribution < 1.29 is 13.2 Å². The molecule has 0 N–H and O–H groups in total. The van der Waals surface area contributed by atoms with E-state index in [0.717, 1.165) is 0 Å². The van der Waals surface area contributed by atoms with Crippen molar-refractivity contribution in [3.8, 4) is 0 Å². The van der Waals surface area contributed by atoms with Gasteiger partial charge in [0.05, 0.1) is 22.8 Å². The lowest BCUT2D eigenvalue weighted by atomic mass is 10.2. The van der Waals surface area contributed by atoms with Gasteiger partial charge in [-0.3, -0.25) is 9.48 Å². The third-order valence-electron chi connectivity index (χ3n) is 3.89. The zero-order chi connectivity index (χ0) is 16.7. The Morgan fingerprint density at radius 2 is 2.14 bits per heavy atom. The van der Waals surface area contributed by atoms with Gasteiger partial charge in [-0.15, -0.1) is 0 Å². The van der Waals surface area contributed by atoms with E-state index in [9.17, 15) is 13.2 Å². The molecule has 6 nitrogen and oxygen atoms in total. The molecule has 8 heteroatoms. The number of nitrogens with zero attached hydrogens (tertiary/aromatic N) is 3. The Morgan fingerprint density at radius 1 is 1.50 bits per heavy atom. The molecule has 22 heavy (non-hydrogen) atoms. The topological polar surface area (TPSA) is 72.3 Å². The first kappa shape index (κ1) is 17.3. The van der Waals surface area contributed by atoms with Gasteiger partial charge in [0.2, 0.25) is 0 Å². The molecule has 1 atom stereocenters. The van der Waals surface area contributed by atoms with E-state index >= 15 is 0 Å². The SMILES string of the molecule is Cc1nn(CC(C)C)c(Cl)c1C(=O)N(C)[C@@H]1CCS(=O)(=O)C1. The van der Waals surface area contributed by atoms with Gasteiger partial charge in [0, 0.05) is 19.6 Å². The summed E-state index contributed by atoms with van der Waals surface area (Å²) in [5.41, 5.74) is 0.942. The van der Waals surface area contributed by atoms with Crippen LogP contribution in [0.5, 0.6) is 0 Å². The highest BCUT2D eigenvalue weighted by atomic mass is 35.5. The second-order valence-electron chi connectivity index (χ2n) is 6.30. The molecule has 2 heterocycles. The van der Waals surface area contributed by atoms with Crippen LogP contribution in [0.25, 0.3) is 0 Å². The van der Waals surface area contributed by atoms with Gasteiger partial charge in [0.25, 0.3) is 5.91 Å². The number of carbonyl (C=O) groups is 1. The third kappa shape index (κ3) is 3.46. The van der Waals surface area contributed by atoms with Crippen molar-refractivity contribution in [1.82, 2.24) is 14.7 Å². The molecule has 0 aliphatic carbocycles. The van der Waals surface area contributed by atoms with Crippen molar-refractivity contribution in [3.63, 3.8) is 0 Å². The second-order valence-corrected chi connectivity index (χ2v) is 8.89. The van der Waals surface area contributed by atoms with Crippen LogP contribution in [0.4, 0.5) is 0 Å². The molecule has 0 saturated carbocycles.